The number of rotatable bonds is 7. The van der Waals surface area contributed by atoms with Crippen LogP contribution in [0, 0.1) is 0 Å². The topological polar surface area (TPSA) is 28.2 Å². The SMILES string of the molecule is CCCNc1ncc(CN(C)Cc2cc(Br)cs2)s1. The van der Waals surface area contributed by atoms with Crippen molar-refractivity contribution >= 4 is 43.7 Å². The van der Waals surface area contributed by atoms with E-state index in [4.69, 9.17) is 0 Å². The van der Waals surface area contributed by atoms with Crippen LogP contribution in [0.4, 0.5) is 5.13 Å². The number of aromatic nitrogens is 1. The van der Waals surface area contributed by atoms with Crippen molar-refractivity contribution in [3.63, 3.8) is 0 Å². The smallest absolute Gasteiger partial charge is 0.182 e. The fourth-order valence-corrected chi connectivity index (χ4v) is 4.17. The molecule has 2 aromatic rings. The van der Waals surface area contributed by atoms with Gasteiger partial charge in [0.25, 0.3) is 0 Å². The molecule has 0 saturated carbocycles. The van der Waals surface area contributed by atoms with Crippen LogP contribution in [0.15, 0.2) is 22.1 Å². The van der Waals surface area contributed by atoms with Crippen LogP contribution in [0.3, 0.4) is 0 Å². The standard InChI is InChI=1S/C13H18BrN3S2/c1-3-4-15-13-16-6-12(19-13)8-17(2)7-11-5-10(14)9-18-11/h5-6,9H,3-4,7-8H2,1-2H3,(H,15,16). The zero-order valence-electron chi connectivity index (χ0n) is 11.1. The first-order chi connectivity index (χ1) is 9.17. The summed E-state index contributed by atoms with van der Waals surface area (Å²) in [6.45, 7) is 5.08. The lowest BCUT2D eigenvalue weighted by atomic mass is 10.4. The summed E-state index contributed by atoms with van der Waals surface area (Å²) in [7, 11) is 2.15. The van der Waals surface area contributed by atoms with Gasteiger partial charge in [0.2, 0.25) is 0 Å². The molecule has 19 heavy (non-hydrogen) atoms. The summed E-state index contributed by atoms with van der Waals surface area (Å²) in [6.07, 6.45) is 3.10. The highest BCUT2D eigenvalue weighted by atomic mass is 79.9. The highest BCUT2D eigenvalue weighted by Crippen LogP contribution is 2.23. The Kier molecular flexibility index (Phi) is 5.81. The number of thiophene rings is 1. The molecule has 0 aliphatic heterocycles. The van der Waals surface area contributed by atoms with E-state index in [0.29, 0.717) is 0 Å². The number of thiazole rings is 1. The van der Waals surface area contributed by atoms with Crippen LogP contribution in [0.2, 0.25) is 0 Å². The van der Waals surface area contributed by atoms with Crippen molar-refractivity contribution in [3.8, 4) is 0 Å². The predicted octanol–water partition coefficient (Wildman–Crippen LogP) is 4.42. The summed E-state index contributed by atoms with van der Waals surface area (Å²) in [6, 6.07) is 2.18. The van der Waals surface area contributed by atoms with Gasteiger partial charge in [-0.25, -0.2) is 4.98 Å². The Hall–Kier alpha value is -0.430. The molecular formula is C13H18BrN3S2. The Morgan fingerprint density at radius 1 is 1.37 bits per heavy atom. The molecule has 0 bridgehead atoms. The Morgan fingerprint density at radius 2 is 2.16 bits per heavy atom. The molecule has 2 aromatic heterocycles. The van der Waals surface area contributed by atoms with Crippen LogP contribution < -0.4 is 5.32 Å². The van der Waals surface area contributed by atoms with Crippen molar-refractivity contribution in [2.24, 2.45) is 0 Å². The summed E-state index contributed by atoms with van der Waals surface area (Å²) in [5.74, 6) is 0. The second-order valence-electron chi connectivity index (χ2n) is 4.46. The van der Waals surface area contributed by atoms with Crippen LogP contribution in [-0.2, 0) is 13.1 Å². The van der Waals surface area contributed by atoms with E-state index in [2.05, 4.69) is 56.5 Å². The molecule has 0 spiro atoms. The summed E-state index contributed by atoms with van der Waals surface area (Å²) >= 11 is 7.03. The van der Waals surface area contributed by atoms with E-state index in [0.717, 1.165) is 31.2 Å². The highest BCUT2D eigenvalue weighted by Gasteiger charge is 2.07. The molecular weight excluding hydrogens is 342 g/mol. The maximum Gasteiger partial charge on any atom is 0.182 e. The molecule has 0 saturated heterocycles. The van der Waals surface area contributed by atoms with Crippen LogP contribution >= 0.6 is 38.6 Å². The Bertz CT molecular complexity index is 509. The van der Waals surface area contributed by atoms with Crippen molar-refractivity contribution in [1.29, 1.82) is 0 Å². The van der Waals surface area contributed by atoms with Gasteiger partial charge in [0.15, 0.2) is 5.13 Å². The summed E-state index contributed by atoms with van der Waals surface area (Å²) in [5, 5.41) is 6.48. The molecule has 2 heterocycles. The van der Waals surface area contributed by atoms with Gasteiger partial charge in [-0.3, -0.25) is 4.90 Å². The van der Waals surface area contributed by atoms with Crippen LogP contribution in [-0.4, -0.2) is 23.5 Å². The highest BCUT2D eigenvalue weighted by molar-refractivity contribution is 9.10. The zero-order valence-corrected chi connectivity index (χ0v) is 14.4. The number of nitrogens with zero attached hydrogens (tertiary/aromatic N) is 2. The molecule has 2 rings (SSSR count). The first-order valence-electron chi connectivity index (χ1n) is 6.27. The lowest BCUT2D eigenvalue weighted by Crippen LogP contribution is -2.15. The van der Waals surface area contributed by atoms with Crippen LogP contribution in [0.5, 0.6) is 0 Å². The molecule has 0 unspecified atom stereocenters. The molecule has 1 N–H and O–H groups in total. The van der Waals surface area contributed by atoms with Crippen LogP contribution in [0.25, 0.3) is 0 Å². The van der Waals surface area contributed by atoms with Gasteiger partial charge in [-0.05, 0) is 35.5 Å². The number of hydrogen-bond acceptors (Lipinski definition) is 5. The third kappa shape index (κ3) is 4.87. The molecule has 0 fully saturated rings. The fraction of sp³-hybridized carbons (Fsp3) is 0.462. The van der Waals surface area contributed by atoms with E-state index < -0.39 is 0 Å². The quantitative estimate of drug-likeness (QED) is 0.792. The molecule has 0 atom stereocenters. The van der Waals surface area contributed by atoms with Gasteiger partial charge in [0, 0.05) is 45.4 Å². The third-order valence-corrected chi connectivity index (χ3v) is 5.18. The Balaban J connectivity index is 1.84. The first kappa shape index (κ1) is 15.0. The van der Waals surface area contributed by atoms with E-state index in [9.17, 15) is 0 Å². The van der Waals surface area contributed by atoms with Gasteiger partial charge in [0.1, 0.15) is 0 Å². The van der Waals surface area contributed by atoms with E-state index in [1.54, 1.807) is 22.7 Å². The Labute approximate surface area is 130 Å². The molecule has 104 valence electrons. The lowest BCUT2D eigenvalue weighted by Gasteiger charge is -2.13. The van der Waals surface area contributed by atoms with Crippen molar-refractivity contribution in [1.82, 2.24) is 9.88 Å². The zero-order chi connectivity index (χ0) is 13.7. The minimum Gasteiger partial charge on any atom is -0.362 e. The van der Waals surface area contributed by atoms with E-state index >= 15 is 0 Å². The molecule has 6 heteroatoms. The second kappa shape index (κ2) is 7.38. The Morgan fingerprint density at radius 3 is 2.84 bits per heavy atom. The maximum atomic E-state index is 4.39. The minimum atomic E-state index is 0.945. The minimum absolute atomic E-state index is 0.945. The van der Waals surface area contributed by atoms with Crippen molar-refractivity contribution in [2.75, 3.05) is 18.9 Å². The van der Waals surface area contributed by atoms with Crippen molar-refractivity contribution in [3.05, 3.63) is 31.9 Å². The molecule has 0 aliphatic rings. The van der Waals surface area contributed by atoms with Gasteiger partial charge < -0.3 is 5.32 Å². The van der Waals surface area contributed by atoms with Gasteiger partial charge in [-0.15, -0.1) is 22.7 Å². The second-order valence-corrected chi connectivity index (χ2v) is 7.49. The average Bonchev–Trinajstić information content (AvgIpc) is 2.96. The molecule has 0 amide bonds. The molecule has 0 radical (unpaired) electrons. The van der Waals surface area contributed by atoms with Crippen molar-refractivity contribution < 1.29 is 0 Å². The molecule has 3 nitrogen and oxygen atoms in total. The van der Waals surface area contributed by atoms with Crippen molar-refractivity contribution in [2.45, 2.75) is 26.4 Å². The number of halogens is 1. The largest absolute Gasteiger partial charge is 0.362 e. The van der Waals surface area contributed by atoms with Gasteiger partial charge in [-0.1, -0.05) is 6.92 Å². The number of nitrogens with one attached hydrogen (secondary N) is 1. The first-order valence-corrected chi connectivity index (χ1v) is 8.76. The lowest BCUT2D eigenvalue weighted by molar-refractivity contribution is 0.324. The fourth-order valence-electron chi connectivity index (χ4n) is 1.72. The molecule has 0 aromatic carbocycles. The average molecular weight is 360 g/mol. The van der Waals surface area contributed by atoms with Gasteiger partial charge in [0.05, 0.1) is 0 Å². The van der Waals surface area contributed by atoms with E-state index in [1.807, 2.05) is 6.20 Å². The van der Waals surface area contributed by atoms with Gasteiger partial charge in [-0.2, -0.15) is 0 Å². The monoisotopic (exact) mass is 359 g/mol. The van der Waals surface area contributed by atoms with Crippen LogP contribution in [0.1, 0.15) is 23.1 Å². The predicted molar refractivity (Wildman–Crippen MR) is 88.1 cm³/mol. The summed E-state index contributed by atoms with van der Waals surface area (Å²) < 4.78 is 1.17. The maximum absolute atomic E-state index is 4.39. The van der Waals surface area contributed by atoms with Gasteiger partial charge >= 0.3 is 0 Å². The molecule has 0 aliphatic carbocycles. The van der Waals surface area contributed by atoms with E-state index in [1.165, 1.54) is 14.2 Å². The summed E-state index contributed by atoms with van der Waals surface area (Å²) in [4.78, 5) is 9.39. The normalized spacial score (nSPS) is 11.2. The number of anilines is 1. The summed E-state index contributed by atoms with van der Waals surface area (Å²) in [5.41, 5.74) is 0. The third-order valence-electron chi connectivity index (χ3n) is 2.55. The number of hydrogen-bond donors (Lipinski definition) is 1. The van der Waals surface area contributed by atoms with E-state index in [-0.39, 0.29) is 0 Å².